The fourth-order valence-corrected chi connectivity index (χ4v) is 1.84. The highest BCUT2D eigenvalue weighted by atomic mass is 15.2. The number of rotatable bonds is 3. The van der Waals surface area contributed by atoms with E-state index in [0.717, 1.165) is 23.5 Å². The molecule has 1 aromatic heterocycles. The number of quaternary nitrogens is 1. The topological polar surface area (TPSA) is 106 Å². The van der Waals surface area contributed by atoms with Crippen LogP contribution in [-0.2, 0) is 6.42 Å². The van der Waals surface area contributed by atoms with Crippen molar-refractivity contribution in [1.29, 1.82) is 0 Å². The summed E-state index contributed by atoms with van der Waals surface area (Å²) in [5.41, 5.74) is 13.6. The van der Waals surface area contributed by atoms with Crippen LogP contribution >= 0.6 is 0 Å². The predicted octanol–water partition coefficient (Wildman–Crippen LogP) is 0.800. The van der Waals surface area contributed by atoms with E-state index in [1.807, 2.05) is 42.5 Å². The number of aliphatic imine (C=N–C) groups is 2. The predicted molar refractivity (Wildman–Crippen MR) is 84.5 cm³/mol. The second-order valence-corrected chi connectivity index (χ2v) is 4.39. The van der Waals surface area contributed by atoms with E-state index in [1.165, 1.54) is 0 Å². The van der Waals surface area contributed by atoms with Crippen LogP contribution in [0.4, 0.5) is 11.5 Å². The van der Waals surface area contributed by atoms with Crippen molar-refractivity contribution in [2.24, 2.45) is 21.5 Å². The van der Waals surface area contributed by atoms with Crippen molar-refractivity contribution in [3.8, 4) is 0 Å². The molecule has 0 aliphatic rings. The smallest absolute Gasteiger partial charge is 0.306 e. The molecule has 0 aliphatic carbocycles. The lowest BCUT2D eigenvalue weighted by Gasteiger charge is -2.02. The summed E-state index contributed by atoms with van der Waals surface area (Å²) < 4.78 is 0. The van der Waals surface area contributed by atoms with Gasteiger partial charge < -0.3 is 11.5 Å². The molecule has 0 bridgehead atoms. The van der Waals surface area contributed by atoms with Crippen molar-refractivity contribution in [3.05, 3.63) is 54.2 Å². The number of hydrogen-bond donors (Lipinski definition) is 3. The third-order valence-corrected chi connectivity index (χ3v) is 2.83. The Kier molecular flexibility index (Phi) is 5.00. The molecule has 0 amide bonds. The number of pyridine rings is 1. The van der Waals surface area contributed by atoms with Gasteiger partial charge in [-0.05, 0) is 24.1 Å². The quantitative estimate of drug-likeness (QED) is 0.573. The minimum absolute atomic E-state index is 0.126. The Hall–Kier alpha value is -2.73. The van der Waals surface area contributed by atoms with E-state index in [9.17, 15) is 0 Å². The lowest BCUT2D eigenvalue weighted by molar-refractivity contribution is -0.450. The van der Waals surface area contributed by atoms with Crippen LogP contribution in [0.2, 0.25) is 0 Å². The molecule has 0 saturated carbocycles. The first-order valence-corrected chi connectivity index (χ1v) is 6.71. The number of hydrogen-bond acceptors (Lipinski definition) is 2. The number of para-hydroxylation sites is 1. The maximum atomic E-state index is 5.83. The van der Waals surface area contributed by atoms with Crippen LogP contribution in [0.1, 0.15) is 12.5 Å². The molecular formula is C15H19N6+. The first-order chi connectivity index (χ1) is 10.2. The molecule has 0 radical (unpaired) electrons. The molecule has 2 rings (SSSR count). The summed E-state index contributed by atoms with van der Waals surface area (Å²) in [6.07, 6.45) is 2.57. The van der Waals surface area contributed by atoms with Crippen molar-refractivity contribution in [2.45, 2.75) is 13.3 Å². The van der Waals surface area contributed by atoms with Gasteiger partial charge in [-0.3, -0.25) is 0 Å². The van der Waals surface area contributed by atoms with Gasteiger partial charge in [-0.2, -0.15) is 0 Å². The van der Waals surface area contributed by atoms with Crippen molar-refractivity contribution in [2.75, 3.05) is 0 Å². The van der Waals surface area contributed by atoms with Crippen molar-refractivity contribution >= 4 is 23.4 Å². The van der Waals surface area contributed by atoms with E-state index in [-0.39, 0.29) is 11.9 Å². The Morgan fingerprint density at radius 3 is 2.62 bits per heavy atom. The van der Waals surface area contributed by atoms with Crippen LogP contribution in [0.3, 0.4) is 0 Å². The average molecular weight is 283 g/mol. The van der Waals surface area contributed by atoms with E-state index < -0.39 is 0 Å². The van der Waals surface area contributed by atoms with Crippen molar-refractivity contribution in [1.82, 2.24) is 4.98 Å². The molecule has 108 valence electrons. The van der Waals surface area contributed by atoms with E-state index in [2.05, 4.69) is 21.9 Å². The van der Waals surface area contributed by atoms with Gasteiger partial charge in [0.25, 0.3) is 0 Å². The second kappa shape index (κ2) is 7.16. The van der Waals surface area contributed by atoms with Gasteiger partial charge in [-0.15, -0.1) is 4.99 Å². The molecule has 0 atom stereocenters. The minimum atomic E-state index is 0.126. The fraction of sp³-hybridized carbons (Fsp3) is 0.133. The fourth-order valence-electron chi connectivity index (χ4n) is 1.84. The third-order valence-electron chi connectivity index (χ3n) is 2.83. The number of guanidine groups is 2. The van der Waals surface area contributed by atoms with Crippen LogP contribution in [0.15, 0.2) is 58.6 Å². The number of nitrogens with zero attached hydrogens (tertiary/aromatic N) is 3. The zero-order valence-corrected chi connectivity index (χ0v) is 11.9. The number of nitrogens with two attached hydrogens (primary N) is 3. The summed E-state index contributed by atoms with van der Waals surface area (Å²) in [7, 11) is 0. The van der Waals surface area contributed by atoms with Gasteiger partial charge in [0.1, 0.15) is 0 Å². The van der Waals surface area contributed by atoms with Crippen LogP contribution in [0.25, 0.3) is 0 Å². The van der Waals surface area contributed by atoms with Crippen LogP contribution < -0.4 is 16.8 Å². The summed E-state index contributed by atoms with van der Waals surface area (Å²) in [5, 5.41) is 1.65. The van der Waals surface area contributed by atoms with Gasteiger partial charge in [0.15, 0.2) is 0 Å². The third kappa shape index (κ3) is 4.39. The second-order valence-electron chi connectivity index (χ2n) is 4.39. The average Bonchev–Trinajstić information content (AvgIpc) is 2.48. The van der Waals surface area contributed by atoms with Gasteiger partial charge in [0.05, 0.1) is 5.69 Å². The molecule has 0 saturated heterocycles. The van der Waals surface area contributed by atoms with E-state index >= 15 is 0 Å². The Morgan fingerprint density at radius 2 is 1.90 bits per heavy atom. The molecule has 1 aromatic carbocycles. The number of benzene rings is 1. The molecule has 0 unspecified atom stereocenters. The maximum Gasteiger partial charge on any atom is 0.306 e. The lowest BCUT2D eigenvalue weighted by Crippen LogP contribution is -2.85. The lowest BCUT2D eigenvalue weighted by atomic mass is 10.1. The maximum absolute atomic E-state index is 5.83. The SMILES string of the molecule is CCc1ccccc1N=C(N)N=C(N)[NH2+]c1ccccn1. The summed E-state index contributed by atoms with van der Waals surface area (Å²) in [6, 6.07) is 13.4. The van der Waals surface area contributed by atoms with Crippen molar-refractivity contribution in [3.63, 3.8) is 0 Å². The van der Waals surface area contributed by atoms with Gasteiger partial charge in [0.2, 0.25) is 11.8 Å². The zero-order valence-electron chi connectivity index (χ0n) is 11.9. The van der Waals surface area contributed by atoms with E-state index in [4.69, 9.17) is 11.5 Å². The van der Waals surface area contributed by atoms with Crippen LogP contribution in [-0.4, -0.2) is 16.9 Å². The van der Waals surface area contributed by atoms with E-state index in [1.54, 1.807) is 11.5 Å². The minimum Gasteiger partial charge on any atom is -0.368 e. The Bertz CT molecular complexity index is 648. The molecule has 0 spiro atoms. The summed E-state index contributed by atoms with van der Waals surface area (Å²) in [4.78, 5) is 12.5. The van der Waals surface area contributed by atoms with Gasteiger partial charge >= 0.3 is 5.96 Å². The molecule has 0 fully saturated rings. The van der Waals surface area contributed by atoms with Crippen LogP contribution in [0, 0.1) is 0 Å². The first kappa shape index (κ1) is 14.7. The summed E-state index contributed by atoms with van der Waals surface area (Å²) >= 11 is 0. The standard InChI is InChI=1S/C15H18N6/c1-2-11-7-3-4-8-12(11)19-14(16)21-15(17)20-13-9-5-6-10-18-13/h3-10H,2H2,1H3,(H5,16,17,18,19,20,21)/p+1. The molecule has 2 aromatic rings. The molecule has 6 nitrogen and oxygen atoms in total. The largest absolute Gasteiger partial charge is 0.368 e. The molecule has 1 heterocycles. The normalized spacial score (nSPS) is 12.4. The molecule has 6 N–H and O–H groups in total. The molecule has 0 aliphatic heterocycles. The first-order valence-electron chi connectivity index (χ1n) is 6.71. The van der Waals surface area contributed by atoms with Gasteiger partial charge in [-0.25, -0.2) is 15.3 Å². The van der Waals surface area contributed by atoms with Gasteiger partial charge in [-0.1, -0.05) is 31.2 Å². The Labute approximate surface area is 123 Å². The Morgan fingerprint density at radius 1 is 1.14 bits per heavy atom. The zero-order chi connectivity index (χ0) is 15.1. The van der Waals surface area contributed by atoms with E-state index in [0.29, 0.717) is 0 Å². The highest BCUT2D eigenvalue weighted by molar-refractivity contribution is 5.91. The number of aromatic nitrogens is 1. The summed E-state index contributed by atoms with van der Waals surface area (Å²) in [5.74, 6) is 1.12. The molecular weight excluding hydrogens is 264 g/mol. The Balaban J connectivity index is 2.14. The monoisotopic (exact) mass is 283 g/mol. The molecule has 21 heavy (non-hydrogen) atoms. The highest BCUT2D eigenvalue weighted by Gasteiger charge is 2.04. The van der Waals surface area contributed by atoms with Crippen LogP contribution in [0.5, 0.6) is 0 Å². The number of aryl methyl sites for hydroxylation is 1. The highest BCUT2D eigenvalue weighted by Crippen LogP contribution is 2.18. The van der Waals surface area contributed by atoms with Crippen molar-refractivity contribution < 1.29 is 5.32 Å². The van der Waals surface area contributed by atoms with Gasteiger partial charge in [0, 0.05) is 12.3 Å². The summed E-state index contributed by atoms with van der Waals surface area (Å²) in [6.45, 7) is 2.07. The molecule has 6 heteroatoms.